The molecule has 0 bridgehead atoms. The van der Waals surface area contributed by atoms with Crippen LogP contribution in [0.15, 0.2) is 40.5 Å². The Kier molecular flexibility index (Phi) is 3.69. The topological polar surface area (TPSA) is 73.8 Å². The van der Waals surface area contributed by atoms with Gasteiger partial charge in [0.05, 0.1) is 11.1 Å². The van der Waals surface area contributed by atoms with Gasteiger partial charge in [0, 0.05) is 25.2 Å². The molecule has 0 unspecified atom stereocenters. The number of thiophene rings is 1. The van der Waals surface area contributed by atoms with Crippen LogP contribution in [0.25, 0.3) is 10.6 Å². The summed E-state index contributed by atoms with van der Waals surface area (Å²) >= 11 is 1.55. The molecular weight excluding hydrogens is 276 g/mol. The molecule has 3 heterocycles. The van der Waals surface area contributed by atoms with Gasteiger partial charge in [-0.05, 0) is 17.9 Å². The molecule has 0 N–H and O–H groups in total. The first-order valence-electron chi connectivity index (χ1n) is 6.21. The smallest absolute Gasteiger partial charge is 0.184 e. The Bertz CT molecular complexity index is 673. The molecule has 0 fully saturated rings. The lowest BCUT2D eigenvalue weighted by molar-refractivity contribution is 0.0969. The van der Waals surface area contributed by atoms with Gasteiger partial charge in [-0.1, -0.05) is 16.4 Å². The van der Waals surface area contributed by atoms with Gasteiger partial charge in [-0.25, -0.2) is 0 Å². The Balaban J connectivity index is 1.57. The second kappa shape index (κ2) is 5.79. The largest absolute Gasteiger partial charge is 0.355 e. The fraction of sp³-hybridized carbons (Fsp3) is 0.231. The molecule has 0 aromatic carbocycles. The number of hydrogen-bond acceptors (Lipinski definition) is 6. The van der Waals surface area contributed by atoms with Crippen molar-refractivity contribution in [1.29, 1.82) is 0 Å². The second-order valence-electron chi connectivity index (χ2n) is 4.25. The third-order valence-corrected chi connectivity index (χ3v) is 3.71. The van der Waals surface area contributed by atoms with Crippen molar-refractivity contribution in [2.75, 3.05) is 0 Å². The quantitative estimate of drug-likeness (QED) is 0.652. The number of Topliss-reactive ketones (excluding diaryl/α,β-unsaturated/α-hetero) is 1. The van der Waals surface area contributed by atoms with E-state index < -0.39 is 0 Å². The molecule has 3 aromatic rings. The van der Waals surface area contributed by atoms with Crippen LogP contribution < -0.4 is 0 Å². The maximum absolute atomic E-state index is 12.0. The van der Waals surface area contributed by atoms with Crippen molar-refractivity contribution in [2.24, 2.45) is 0 Å². The Hall–Kier alpha value is -2.28. The van der Waals surface area contributed by atoms with Crippen LogP contribution in [0.3, 0.4) is 0 Å². The van der Waals surface area contributed by atoms with Crippen molar-refractivity contribution in [2.45, 2.75) is 19.4 Å². The monoisotopic (exact) mass is 288 g/mol. The van der Waals surface area contributed by atoms with Crippen molar-refractivity contribution in [1.82, 2.24) is 20.2 Å². The lowest BCUT2D eigenvalue weighted by Crippen LogP contribution is -2.04. The molecule has 102 valence electrons. The van der Waals surface area contributed by atoms with Crippen LogP contribution in [-0.4, -0.2) is 25.9 Å². The van der Waals surface area contributed by atoms with Crippen LogP contribution >= 0.6 is 11.3 Å². The number of ketones is 1. The molecule has 7 heteroatoms. The summed E-state index contributed by atoms with van der Waals surface area (Å²) in [4.78, 5) is 13.0. The fourth-order valence-corrected chi connectivity index (χ4v) is 2.50. The molecule has 3 rings (SSSR count). The summed E-state index contributed by atoms with van der Waals surface area (Å²) in [5.41, 5.74) is 0.381. The number of hydrogen-bond donors (Lipinski definition) is 0. The molecule has 0 radical (unpaired) electrons. The molecule has 0 amide bonds. The van der Waals surface area contributed by atoms with E-state index >= 15 is 0 Å². The van der Waals surface area contributed by atoms with Crippen molar-refractivity contribution < 1.29 is 9.32 Å². The summed E-state index contributed by atoms with van der Waals surface area (Å²) in [5.74, 6) is 0.622. The van der Waals surface area contributed by atoms with Crippen molar-refractivity contribution in [3.05, 3.63) is 41.7 Å². The maximum Gasteiger partial charge on any atom is 0.184 e. The molecule has 0 aliphatic rings. The van der Waals surface area contributed by atoms with E-state index in [1.807, 2.05) is 17.5 Å². The van der Waals surface area contributed by atoms with Crippen LogP contribution in [0.2, 0.25) is 0 Å². The lowest BCUT2D eigenvalue weighted by atomic mass is 10.1. The van der Waals surface area contributed by atoms with Gasteiger partial charge >= 0.3 is 0 Å². The Labute approximate surface area is 119 Å². The molecule has 3 aromatic heterocycles. The predicted octanol–water partition coefficient (Wildman–Crippen LogP) is 2.66. The van der Waals surface area contributed by atoms with E-state index in [9.17, 15) is 4.79 Å². The number of aryl methyl sites for hydroxylation is 1. The summed E-state index contributed by atoms with van der Waals surface area (Å²) in [5, 5.41) is 13.3. The molecule has 0 aliphatic carbocycles. The van der Waals surface area contributed by atoms with Gasteiger partial charge in [0.2, 0.25) is 0 Å². The highest BCUT2D eigenvalue weighted by atomic mass is 32.1. The summed E-state index contributed by atoms with van der Waals surface area (Å²) in [6, 6.07) is 5.57. The SMILES string of the molecule is O=C(CCCn1ccnn1)c1cc(-c2cccs2)on1. The lowest BCUT2D eigenvalue weighted by Gasteiger charge is -1.98. The van der Waals surface area contributed by atoms with Gasteiger partial charge in [0.1, 0.15) is 5.69 Å². The standard InChI is InChI=1S/C13H12N4O2S/c18-11(3-1-6-17-7-5-14-16-17)10-9-12(19-15-10)13-4-2-8-20-13/h2,4-5,7-9H,1,3,6H2. The minimum atomic E-state index is -0.0170. The third kappa shape index (κ3) is 2.83. The minimum Gasteiger partial charge on any atom is -0.355 e. The molecule has 0 saturated heterocycles. The average molecular weight is 288 g/mol. The number of carbonyl (C=O) groups excluding carboxylic acids is 1. The first-order chi connectivity index (χ1) is 9.83. The zero-order valence-electron chi connectivity index (χ0n) is 10.6. The van der Waals surface area contributed by atoms with Gasteiger partial charge in [-0.3, -0.25) is 9.48 Å². The minimum absolute atomic E-state index is 0.0170. The van der Waals surface area contributed by atoms with Gasteiger partial charge in [-0.2, -0.15) is 0 Å². The zero-order valence-corrected chi connectivity index (χ0v) is 11.4. The highest BCUT2D eigenvalue weighted by Crippen LogP contribution is 2.25. The zero-order chi connectivity index (χ0) is 13.8. The normalized spacial score (nSPS) is 10.8. The van der Waals surface area contributed by atoms with E-state index in [1.54, 1.807) is 34.5 Å². The second-order valence-corrected chi connectivity index (χ2v) is 5.19. The fourth-order valence-electron chi connectivity index (χ4n) is 1.82. The highest BCUT2D eigenvalue weighted by molar-refractivity contribution is 7.13. The van der Waals surface area contributed by atoms with Crippen molar-refractivity contribution in [3.8, 4) is 10.6 Å². The Morgan fingerprint density at radius 1 is 1.45 bits per heavy atom. The van der Waals surface area contributed by atoms with E-state index in [0.717, 1.165) is 4.88 Å². The van der Waals surface area contributed by atoms with E-state index in [4.69, 9.17) is 4.52 Å². The van der Waals surface area contributed by atoms with Crippen molar-refractivity contribution >= 4 is 17.1 Å². The summed E-state index contributed by atoms with van der Waals surface area (Å²) in [7, 11) is 0. The van der Waals surface area contributed by atoms with Gasteiger partial charge in [0.25, 0.3) is 0 Å². The van der Waals surface area contributed by atoms with Crippen LogP contribution in [0.4, 0.5) is 0 Å². The molecule has 6 nitrogen and oxygen atoms in total. The maximum atomic E-state index is 12.0. The van der Waals surface area contributed by atoms with E-state index in [0.29, 0.717) is 30.8 Å². The molecule has 0 atom stereocenters. The molecule has 0 spiro atoms. The van der Waals surface area contributed by atoms with Gasteiger partial charge in [-0.15, -0.1) is 16.4 Å². The molecule has 0 saturated carbocycles. The van der Waals surface area contributed by atoms with Crippen LogP contribution in [0.1, 0.15) is 23.3 Å². The average Bonchev–Trinajstić information content (AvgIpc) is 3.20. The van der Waals surface area contributed by atoms with Gasteiger partial charge < -0.3 is 4.52 Å². The van der Waals surface area contributed by atoms with E-state index in [1.165, 1.54) is 0 Å². The first kappa shape index (κ1) is 12.7. The number of rotatable bonds is 6. The number of nitrogens with zero attached hydrogens (tertiary/aromatic N) is 4. The van der Waals surface area contributed by atoms with Gasteiger partial charge in [0.15, 0.2) is 11.5 Å². The Morgan fingerprint density at radius 3 is 3.15 bits per heavy atom. The highest BCUT2D eigenvalue weighted by Gasteiger charge is 2.13. The molecule has 0 aliphatic heterocycles. The summed E-state index contributed by atoms with van der Waals surface area (Å²) in [6.45, 7) is 0.668. The number of carbonyl (C=O) groups is 1. The van der Waals surface area contributed by atoms with Crippen LogP contribution in [-0.2, 0) is 6.54 Å². The Morgan fingerprint density at radius 2 is 2.40 bits per heavy atom. The number of aromatic nitrogens is 4. The predicted molar refractivity (Wildman–Crippen MR) is 73.4 cm³/mol. The van der Waals surface area contributed by atoms with Crippen LogP contribution in [0.5, 0.6) is 0 Å². The summed E-state index contributed by atoms with van der Waals surface area (Å²) < 4.78 is 6.90. The van der Waals surface area contributed by atoms with E-state index in [2.05, 4.69) is 15.5 Å². The third-order valence-electron chi connectivity index (χ3n) is 2.82. The van der Waals surface area contributed by atoms with Crippen LogP contribution in [0, 0.1) is 0 Å². The summed E-state index contributed by atoms with van der Waals surface area (Å²) in [6.07, 6.45) is 4.50. The molecular formula is C13H12N4O2S. The van der Waals surface area contributed by atoms with Crippen molar-refractivity contribution in [3.63, 3.8) is 0 Å². The first-order valence-corrected chi connectivity index (χ1v) is 7.09. The molecule has 20 heavy (non-hydrogen) atoms. The van der Waals surface area contributed by atoms with E-state index in [-0.39, 0.29) is 5.78 Å².